The molecule has 4 heterocycles. The normalized spacial score (nSPS) is 19.9. The second kappa shape index (κ2) is 17.3. The minimum atomic E-state index is -3.17. The van der Waals surface area contributed by atoms with Crippen LogP contribution in [-0.2, 0) is 9.47 Å². The van der Waals surface area contributed by atoms with Gasteiger partial charge in [0.15, 0.2) is 6.61 Å². The molecule has 3 fully saturated rings. The number of aromatic nitrogens is 4. The van der Waals surface area contributed by atoms with E-state index in [0.717, 1.165) is 44.5 Å². The fourth-order valence-corrected chi connectivity index (χ4v) is 6.06. The molecule has 2 saturated heterocycles. The van der Waals surface area contributed by atoms with E-state index in [1.807, 2.05) is 6.92 Å². The van der Waals surface area contributed by atoms with Crippen LogP contribution in [0, 0.1) is 11.3 Å². The fourth-order valence-electron chi connectivity index (χ4n) is 6.06. The van der Waals surface area contributed by atoms with Gasteiger partial charge in [0.2, 0.25) is 5.95 Å². The first-order valence-corrected chi connectivity index (χ1v) is 16.7. The van der Waals surface area contributed by atoms with E-state index in [9.17, 15) is 14.0 Å². The number of nitrogens with one attached hydrogen (secondary N) is 2. The molecule has 3 aliphatic rings. The highest BCUT2D eigenvalue weighted by atomic mass is 19.3. The van der Waals surface area contributed by atoms with Crippen molar-refractivity contribution >= 4 is 18.0 Å². The van der Waals surface area contributed by atoms with Crippen LogP contribution in [0.25, 0.3) is 11.1 Å². The summed E-state index contributed by atoms with van der Waals surface area (Å²) in [6.45, 7) is 2.43. The quantitative estimate of drug-likeness (QED) is 0.164. The molecule has 13 nitrogen and oxygen atoms in total. The van der Waals surface area contributed by atoms with Crippen LogP contribution in [0.3, 0.4) is 0 Å². The predicted molar refractivity (Wildman–Crippen MR) is 181 cm³/mol. The SMILES string of the molecule is C1CC2COCC1N2.COCC(F)(F)COc1nn(C2CCCCC2)cc1Nc1ncc(-c2ccc(C#N)c(O[C@@H](C)CN=CN)c2)cn1. The van der Waals surface area contributed by atoms with Gasteiger partial charge in [-0.1, -0.05) is 25.3 Å². The summed E-state index contributed by atoms with van der Waals surface area (Å²) in [6, 6.07) is 8.86. The average molecular weight is 682 g/mol. The molecule has 1 saturated carbocycles. The topological polar surface area (TPSA) is 167 Å². The Labute approximate surface area is 285 Å². The molecule has 0 radical (unpaired) electrons. The van der Waals surface area contributed by atoms with Gasteiger partial charge in [0.25, 0.3) is 5.88 Å². The molecule has 3 aromatic rings. The van der Waals surface area contributed by atoms with Crippen molar-refractivity contribution in [2.45, 2.75) is 82.0 Å². The molecule has 1 aromatic carbocycles. The van der Waals surface area contributed by atoms with Crippen molar-refractivity contribution < 1.29 is 27.7 Å². The molecule has 49 heavy (non-hydrogen) atoms. The summed E-state index contributed by atoms with van der Waals surface area (Å²) < 4.78 is 51.2. The Bertz CT molecular complexity index is 1540. The molecule has 2 unspecified atom stereocenters. The number of methoxy groups -OCH3 is 1. The molecule has 264 valence electrons. The number of morpholine rings is 1. The van der Waals surface area contributed by atoms with E-state index in [1.165, 1.54) is 32.7 Å². The van der Waals surface area contributed by atoms with E-state index in [2.05, 4.69) is 41.5 Å². The van der Waals surface area contributed by atoms with Crippen molar-refractivity contribution in [1.82, 2.24) is 25.1 Å². The summed E-state index contributed by atoms with van der Waals surface area (Å²) in [7, 11) is 1.21. The van der Waals surface area contributed by atoms with Crippen molar-refractivity contribution in [1.29, 1.82) is 5.26 Å². The van der Waals surface area contributed by atoms with Gasteiger partial charge in [0.05, 0.1) is 43.9 Å². The monoisotopic (exact) mass is 681 g/mol. The largest absolute Gasteiger partial charge is 0.487 e. The van der Waals surface area contributed by atoms with Gasteiger partial charge in [0.1, 0.15) is 30.2 Å². The van der Waals surface area contributed by atoms with Gasteiger partial charge in [-0.05, 0) is 50.3 Å². The van der Waals surface area contributed by atoms with Gasteiger partial charge in [-0.25, -0.2) is 18.7 Å². The van der Waals surface area contributed by atoms with E-state index in [0.29, 0.717) is 41.2 Å². The number of nitriles is 1. The summed E-state index contributed by atoms with van der Waals surface area (Å²) in [6.07, 6.45) is 13.8. The lowest BCUT2D eigenvalue weighted by Gasteiger charge is -2.21. The number of anilines is 2. The minimum Gasteiger partial charge on any atom is -0.487 e. The smallest absolute Gasteiger partial charge is 0.304 e. The Morgan fingerprint density at radius 1 is 1.14 bits per heavy atom. The van der Waals surface area contributed by atoms with Crippen LogP contribution >= 0.6 is 0 Å². The lowest BCUT2D eigenvalue weighted by molar-refractivity contribution is -0.0917. The number of aliphatic imine (C=N–C) groups is 1. The van der Waals surface area contributed by atoms with Crippen LogP contribution in [-0.4, -0.2) is 90.3 Å². The van der Waals surface area contributed by atoms with E-state index in [1.54, 1.807) is 41.5 Å². The Kier molecular flexibility index (Phi) is 12.7. The van der Waals surface area contributed by atoms with Crippen LogP contribution in [0.15, 0.2) is 41.8 Å². The maximum Gasteiger partial charge on any atom is 0.304 e. The molecule has 15 heteroatoms. The number of halogens is 2. The molecule has 4 N–H and O–H groups in total. The molecule has 3 atom stereocenters. The first-order chi connectivity index (χ1) is 23.8. The van der Waals surface area contributed by atoms with E-state index in [4.69, 9.17) is 19.9 Å². The molecular formula is C34H45F2N9O4. The zero-order chi connectivity index (χ0) is 34.6. The highest BCUT2D eigenvalue weighted by Gasteiger charge is 2.32. The van der Waals surface area contributed by atoms with Crippen LogP contribution in [0.5, 0.6) is 11.6 Å². The second-order valence-electron chi connectivity index (χ2n) is 12.6. The first kappa shape index (κ1) is 35.9. The number of hydrogen-bond acceptors (Lipinski definition) is 11. The number of rotatable bonds is 13. The highest BCUT2D eigenvalue weighted by Crippen LogP contribution is 2.34. The minimum absolute atomic E-state index is 0.0426. The molecular weight excluding hydrogens is 636 g/mol. The highest BCUT2D eigenvalue weighted by molar-refractivity contribution is 5.67. The van der Waals surface area contributed by atoms with Gasteiger partial charge in [-0.15, -0.1) is 5.10 Å². The Hall–Kier alpha value is -4.39. The van der Waals surface area contributed by atoms with E-state index < -0.39 is 19.1 Å². The number of ether oxygens (including phenoxy) is 4. The van der Waals surface area contributed by atoms with Crippen LogP contribution in [0.1, 0.15) is 63.5 Å². The van der Waals surface area contributed by atoms with Gasteiger partial charge in [-0.2, -0.15) is 5.26 Å². The van der Waals surface area contributed by atoms with Crippen LogP contribution in [0.4, 0.5) is 20.4 Å². The molecule has 2 aliphatic heterocycles. The molecule has 2 aromatic heterocycles. The number of nitrogens with zero attached hydrogens (tertiary/aromatic N) is 6. The Morgan fingerprint density at radius 2 is 1.88 bits per heavy atom. The van der Waals surface area contributed by atoms with E-state index in [-0.39, 0.29) is 24.0 Å². The summed E-state index contributed by atoms with van der Waals surface area (Å²) in [5, 5.41) is 20.5. The van der Waals surface area contributed by atoms with Gasteiger partial charge >= 0.3 is 5.92 Å². The fraction of sp³-hybridized carbons (Fsp3) is 0.559. The number of nitrogens with two attached hydrogens (primary N) is 1. The first-order valence-electron chi connectivity index (χ1n) is 16.7. The predicted octanol–water partition coefficient (Wildman–Crippen LogP) is 5.01. The molecule has 2 bridgehead atoms. The zero-order valence-corrected chi connectivity index (χ0v) is 28.0. The van der Waals surface area contributed by atoms with Gasteiger partial charge in [-0.3, -0.25) is 9.67 Å². The number of fused-ring (bicyclic) bond motifs is 2. The lowest BCUT2D eigenvalue weighted by Crippen LogP contribution is -2.41. The summed E-state index contributed by atoms with van der Waals surface area (Å²) >= 11 is 0. The van der Waals surface area contributed by atoms with Crippen LogP contribution in [0.2, 0.25) is 0 Å². The standard InChI is InChI=1S/C28H34F2N8O3.C6H11NO/c1-19(12-33-18-32)41-25-10-20(8-9-21(25)11-31)22-13-34-27(35-14-22)36-24-15-38(23-6-4-3-5-7-23)37-26(24)40-17-28(29,30)16-39-2;1-2-6-4-8-3-5(1)7-6/h8-10,13-15,18-19,23H,3-7,12,16-17H2,1-2H3,(H2,32,33)(H,34,35,36);5-7H,1-4H2/t19-;/m0./s1. The van der Waals surface area contributed by atoms with Crippen molar-refractivity contribution in [3.05, 3.63) is 42.4 Å². The van der Waals surface area contributed by atoms with Crippen LogP contribution < -0.4 is 25.8 Å². The number of hydrogen-bond donors (Lipinski definition) is 3. The maximum atomic E-state index is 14.1. The van der Waals surface area contributed by atoms with E-state index >= 15 is 0 Å². The summed E-state index contributed by atoms with van der Waals surface area (Å²) in [4.78, 5) is 12.8. The van der Waals surface area contributed by atoms with Crippen molar-refractivity contribution in [2.75, 3.05) is 45.4 Å². The third kappa shape index (κ3) is 10.3. The third-order valence-electron chi connectivity index (χ3n) is 8.53. The Morgan fingerprint density at radius 3 is 2.53 bits per heavy atom. The zero-order valence-electron chi connectivity index (χ0n) is 28.0. The van der Waals surface area contributed by atoms with Crippen molar-refractivity contribution in [3.8, 4) is 28.8 Å². The van der Waals surface area contributed by atoms with Crippen molar-refractivity contribution in [3.63, 3.8) is 0 Å². The number of alkyl halides is 2. The second-order valence-corrected chi connectivity index (χ2v) is 12.6. The third-order valence-corrected chi connectivity index (χ3v) is 8.53. The molecule has 0 spiro atoms. The number of benzene rings is 1. The lowest BCUT2D eigenvalue weighted by atomic mass is 9.96. The van der Waals surface area contributed by atoms with Crippen molar-refractivity contribution in [2.24, 2.45) is 10.7 Å². The maximum absolute atomic E-state index is 14.1. The summed E-state index contributed by atoms with van der Waals surface area (Å²) in [5.41, 5.74) is 7.51. The molecule has 6 rings (SSSR count). The Balaban J connectivity index is 0.000000505. The molecule has 0 amide bonds. The molecule has 1 aliphatic carbocycles. The van der Waals surface area contributed by atoms with Gasteiger partial charge in [0, 0.05) is 37.2 Å². The van der Waals surface area contributed by atoms with Gasteiger partial charge < -0.3 is 35.3 Å². The summed E-state index contributed by atoms with van der Waals surface area (Å²) in [5.74, 6) is -2.48. The average Bonchev–Trinajstić information content (AvgIpc) is 3.68.